The van der Waals surface area contributed by atoms with Crippen LogP contribution < -0.4 is 4.74 Å². The fraction of sp³-hybridized carbons (Fsp3) is 0.571. The summed E-state index contributed by atoms with van der Waals surface area (Å²) >= 11 is 0. The number of hydrogen-bond donors (Lipinski definition) is 0. The Morgan fingerprint density at radius 1 is 1.39 bits per heavy atom. The summed E-state index contributed by atoms with van der Waals surface area (Å²) in [4.78, 5) is 27.7. The van der Waals surface area contributed by atoms with Gasteiger partial charge >= 0.3 is 0 Å². The van der Waals surface area contributed by atoms with Gasteiger partial charge in [-0.1, -0.05) is 6.92 Å². The molecule has 2 saturated heterocycles. The molecule has 0 aliphatic carbocycles. The van der Waals surface area contributed by atoms with E-state index in [1.54, 1.807) is 13.0 Å². The van der Waals surface area contributed by atoms with E-state index >= 15 is 0 Å². The maximum atomic E-state index is 13.4. The fourth-order valence-corrected chi connectivity index (χ4v) is 4.15. The van der Waals surface area contributed by atoms with Gasteiger partial charge in [0, 0.05) is 39.0 Å². The third-order valence-corrected chi connectivity index (χ3v) is 6.24. The Bertz CT molecular complexity index is 797. The van der Waals surface area contributed by atoms with Gasteiger partial charge in [-0.05, 0) is 36.3 Å². The van der Waals surface area contributed by atoms with Gasteiger partial charge in [0.1, 0.15) is 24.2 Å². The lowest BCUT2D eigenvalue weighted by Crippen LogP contribution is -2.44. The van der Waals surface area contributed by atoms with E-state index in [0.29, 0.717) is 31.9 Å². The van der Waals surface area contributed by atoms with Crippen LogP contribution in [0.5, 0.6) is 5.75 Å². The molecule has 1 atom stereocenters. The molecule has 150 valence electrons. The van der Waals surface area contributed by atoms with E-state index in [2.05, 4.69) is 6.92 Å². The van der Waals surface area contributed by atoms with Crippen LogP contribution in [0.25, 0.3) is 0 Å². The van der Waals surface area contributed by atoms with E-state index in [1.165, 1.54) is 18.2 Å². The monoisotopic (exact) mass is 387 g/mol. The number of rotatable bonds is 5. The van der Waals surface area contributed by atoms with Crippen molar-refractivity contribution in [3.05, 3.63) is 29.6 Å². The Hall–Kier alpha value is -2.62. The zero-order valence-electron chi connectivity index (χ0n) is 16.4. The van der Waals surface area contributed by atoms with Gasteiger partial charge in [-0.15, -0.1) is 0 Å². The zero-order chi connectivity index (χ0) is 20.3. The minimum Gasteiger partial charge on any atom is -0.492 e. The molecule has 0 N–H and O–H groups in total. The van der Waals surface area contributed by atoms with Crippen molar-refractivity contribution >= 4 is 11.8 Å². The summed E-state index contributed by atoms with van der Waals surface area (Å²) in [6.45, 7) is 6.80. The van der Waals surface area contributed by atoms with Crippen LogP contribution >= 0.6 is 0 Å². The number of carbonyl (C=O) groups is 2. The normalized spacial score (nSPS) is 21.5. The Morgan fingerprint density at radius 2 is 2.11 bits per heavy atom. The van der Waals surface area contributed by atoms with Crippen molar-refractivity contribution in [1.29, 1.82) is 5.26 Å². The summed E-state index contributed by atoms with van der Waals surface area (Å²) in [5.41, 5.74) is 0.00946. The smallest absolute Gasteiger partial charge is 0.223 e. The molecule has 0 bridgehead atoms. The Morgan fingerprint density at radius 3 is 2.75 bits per heavy atom. The van der Waals surface area contributed by atoms with Gasteiger partial charge in [-0.25, -0.2) is 4.39 Å². The molecular weight excluding hydrogens is 361 g/mol. The molecule has 28 heavy (non-hydrogen) atoms. The predicted molar refractivity (Wildman–Crippen MR) is 101 cm³/mol. The molecular formula is C21H26FN3O3. The SMILES string of the molecule is CC(=O)N1CCC(C)(C2CC(=O)N(CCOc3ccc(F)c(C#N)c3)C2)CC1. The summed E-state index contributed by atoms with van der Waals surface area (Å²) in [6, 6.07) is 5.84. The minimum absolute atomic E-state index is 0.0559. The first-order valence-electron chi connectivity index (χ1n) is 9.68. The number of carbonyl (C=O) groups excluding carboxylic acids is 2. The maximum Gasteiger partial charge on any atom is 0.223 e. The molecule has 2 heterocycles. The van der Waals surface area contributed by atoms with Crippen LogP contribution in [-0.2, 0) is 9.59 Å². The second-order valence-electron chi connectivity index (χ2n) is 8.00. The van der Waals surface area contributed by atoms with Crippen molar-refractivity contribution in [3.8, 4) is 11.8 Å². The average molecular weight is 387 g/mol. The Kier molecular flexibility index (Phi) is 5.87. The molecule has 2 fully saturated rings. The van der Waals surface area contributed by atoms with Crippen molar-refractivity contribution in [2.24, 2.45) is 11.3 Å². The molecule has 6 nitrogen and oxygen atoms in total. The molecule has 2 amide bonds. The number of nitrogens with zero attached hydrogens (tertiary/aromatic N) is 3. The fourth-order valence-electron chi connectivity index (χ4n) is 4.15. The Balaban J connectivity index is 1.51. The second kappa shape index (κ2) is 8.17. The van der Waals surface area contributed by atoms with Gasteiger partial charge in [0.25, 0.3) is 0 Å². The van der Waals surface area contributed by atoms with Crippen LogP contribution in [0.3, 0.4) is 0 Å². The highest BCUT2D eigenvalue weighted by atomic mass is 19.1. The van der Waals surface area contributed by atoms with E-state index in [0.717, 1.165) is 25.9 Å². The summed E-state index contributed by atoms with van der Waals surface area (Å²) < 4.78 is 19.0. The van der Waals surface area contributed by atoms with Crippen LogP contribution in [0.2, 0.25) is 0 Å². The average Bonchev–Trinajstić information content (AvgIpc) is 3.05. The van der Waals surface area contributed by atoms with Gasteiger partial charge in [0.15, 0.2) is 0 Å². The van der Waals surface area contributed by atoms with Gasteiger partial charge < -0.3 is 14.5 Å². The highest BCUT2D eigenvalue weighted by Crippen LogP contribution is 2.43. The van der Waals surface area contributed by atoms with Crippen LogP contribution in [0.1, 0.15) is 38.7 Å². The van der Waals surface area contributed by atoms with Crippen LogP contribution in [0, 0.1) is 28.5 Å². The number of benzene rings is 1. The van der Waals surface area contributed by atoms with E-state index in [4.69, 9.17) is 10.00 Å². The molecule has 1 aromatic carbocycles. The van der Waals surface area contributed by atoms with Crippen molar-refractivity contribution in [3.63, 3.8) is 0 Å². The zero-order valence-corrected chi connectivity index (χ0v) is 16.4. The van der Waals surface area contributed by atoms with Gasteiger partial charge in [-0.3, -0.25) is 9.59 Å². The quantitative estimate of drug-likeness (QED) is 0.778. The van der Waals surface area contributed by atoms with E-state index < -0.39 is 5.82 Å². The first-order valence-corrected chi connectivity index (χ1v) is 9.68. The van der Waals surface area contributed by atoms with Crippen molar-refractivity contribution in [1.82, 2.24) is 9.80 Å². The largest absolute Gasteiger partial charge is 0.492 e. The van der Waals surface area contributed by atoms with Gasteiger partial charge in [0.2, 0.25) is 11.8 Å². The molecule has 1 aromatic rings. The number of nitriles is 1. The predicted octanol–water partition coefficient (Wildman–Crippen LogP) is 2.57. The molecule has 2 aliphatic heterocycles. The molecule has 0 saturated carbocycles. The third kappa shape index (κ3) is 4.27. The molecule has 0 radical (unpaired) electrons. The second-order valence-corrected chi connectivity index (χ2v) is 8.00. The first-order chi connectivity index (χ1) is 13.3. The number of amides is 2. The topological polar surface area (TPSA) is 73.6 Å². The lowest BCUT2D eigenvalue weighted by Gasteiger charge is -2.42. The number of piperidine rings is 1. The van der Waals surface area contributed by atoms with E-state index in [9.17, 15) is 14.0 Å². The summed E-state index contributed by atoms with van der Waals surface area (Å²) in [5, 5.41) is 8.88. The molecule has 2 aliphatic rings. The van der Waals surface area contributed by atoms with Gasteiger partial charge in [0.05, 0.1) is 12.1 Å². The van der Waals surface area contributed by atoms with E-state index in [1.807, 2.05) is 9.80 Å². The molecule has 3 rings (SSSR count). The number of ether oxygens (including phenoxy) is 1. The highest BCUT2D eigenvalue weighted by Gasteiger charge is 2.43. The minimum atomic E-state index is -0.573. The summed E-state index contributed by atoms with van der Waals surface area (Å²) in [7, 11) is 0. The maximum absolute atomic E-state index is 13.4. The summed E-state index contributed by atoms with van der Waals surface area (Å²) in [6.07, 6.45) is 2.37. The lowest BCUT2D eigenvalue weighted by molar-refractivity contribution is -0.132. The molecule has 7 heteroatoms. The van der Waals surface area contributed by atoms with Crippen molar-refractivity contribution in [2.75, 3.05) is 32.8 Å². The van der Waals surface area contributed by atoms with Crippen LogP contribution in [-0.4, -0.2) is 54.4 Å². The lowest BCUT2D eigenvalue weighted by atomic mass is 9.70. The number of likely N-dealkylation sites (tertiary alicyclic amines) is 2. The van der Waals surface area contributed by atoms with Gasteiger partial charge in [-0.2, -0.15) is 5.26 Å². The standard InChI is InChI=1S/C21H26FN3O3/c1-15(26)24-7-5-21(2,6-8-24)17-12-20(27)25(14-17)9-10-28-18-3-4-19(22)16(11-18)13-23/h3-4,11,17H,5-10,12,14H2,1-2H3. The highest BCUT2D eigenvalue weighted by molar-refractivity contribution is 5.78. The number of halogens is 1. The van der Waals surface area contributed by atoms with Crippen LogP contribution in [0.15, 0.2) is 18.2 Å². The molecule has 0 spiro atoms. The van der Waals surface area contributed by atoms with E-state index in [-0.39, 0.29) is 28.7 Å². The van der Waals surface area contributed by atoms with Crippen molar-refractivity contribution in [2.45, 2.75) is 33.1 Å². The summed E-state index contributed by atoms with van der Waals surface area (Å²) in [5.74, 6) is 0.371. The number of hydrogen-bond acceptors (Lipinski definition) is 4. The molecule has 1 unspecified atom stereocenters. The first kappa shape index (κ1) is 20.1. The Labute approximate surface area is 164 Å². The third-order valence-electron chi connectivity index (χ3n) is 6.24. The van der Waals surface area contributed by atoms with Crippen molar-refractivity contribution < 1.29 is 18.7 Å². The van der Waals surface area contributed by atoms with Crippen LogP contribution in [0.4, 0.5) is 4.39 Å². The molecule has 0 aromatic heterocycles.